The standard InChI is InChI=1S/C20H23ClO3/c1-14(18-9-5-6-10-19(18)21)7-3-4-8-15-11-16(20(22)23)13-17(12-15)24-2/h5-6,9-14H,3-4,7-8H2,1-2H3,(H,22,23). The predicted molar refractivity (Wildman–Crippen MR) is 97.4 cm³/mol. The van der Waals surface area contributed by atoms with Gasteiger partial charge in [0.25, 0.3) is 0 Å². The maximum Gasteiger partial charge on any atom is 0.335 e. The molecule has 2 aromatic rings. The van der Waals surface area contributed by atoms with E-state index in [1.165, 1.54) is 5.56 Å². The van der Waals surface area contributed by atoms with Gasteiger partial charge in [-0.1, -0.05) is 43.1 Å². The van der Waals surface area contributed by atoms with Crippen LogP contribution in [0.2, 0.25) is 5.02 Å². The SMILES string of the molecule is COc1cc(CCCCC(C)c2ccccc2Cl)cc(C(=O)O)c1. The summed E-state index contributed by atoms with van der Waals surface area (Å²) in [7, 11) is 1.55. The van der Waals surface area contributed by atoms with E-state index in [9.17, 15) is 4.79 Å². The van der Waals surface area contributed by atoms with Gasteiger partial charge in [0.05, 0.1) is 12.7 Å². The summed E-state index contributed by atoms with van der Waals surface area (Å²) < 4.78 is 5.18. The average molecular weight is 347 g/mol. The molecule has 0 aliphatic rings. The minimum atomic E-state index is -0.928. The Morgan fingerprint density at radius 2 is 1.96 bits per heavy atom. The molecule has 24 heavy (non-hydrogen) atoms. The van der Waals surface area contributed by atoms with E-state index in [1.54, 1.807) is 19.2 Å². The van der Waals surface area contributed by atoms with Crippen LogP contribution in [0.1, 0.15) is 53.6 Å². The molecule has 0 amide bonds. The molecule has 0 aromatic heterocycles. The van der Waals surface area contributed by atoms with E-state index in [-0.39, 0.29) is 5.56 Å². The zero-order valence-electron chi connectivity index (χ0n) is 14.1. The number of hydrogen-bond acceptors (Lipinski definition) is 2. The summed E-state index contributed by atoms with van der Waals surface area (Å²) in [5.74, 6) is 0.0791. The second-order valence-corrected chi connectivity index (χ2v) is 6.45. The molecule has 1 atom stereocenters. The molecule has 0 spiro atoms. The van der Waals surface area contributed by atoms with Crippen molar-refractivity contribution in [2.24, 2.45) is 0 Å². The van der Waals surface area contributed by atoms with E-state index in [4.69, 9.17) is 21.4 Å². The van der Waals surface area contributed by atoms with Crippen LogP contribution in [0.4, 0.5) is 0 Å². The van der Waals surface area contributed by atoms with Crippen LogP contribution in [0, 0.1) is 0 Å². The predicted octanol–water partition coefficient (Wildman–Crippen LogP) is 5.56. The minimum Gasteiger partial charge on any atom is -0.497 e. The lowest BCUT2D eigenvalue weighted by molar-refractivity contribution is 0.0696. The van der Waals surface area contributed by atoms with Crippen LogP contribution in [0.5, 0.6) is 5.75 Å². The Kier molecular flexibility index (Phi) is 6.68. The summed E-state index contributed by atoms with van der Waals surface area (Å²) in [6, 6.07) is 13.1. The Morgan fingerprint density at radius 1 is 1.21 bits per heavy atom. The van der Waals surface area contributed by atoms with Crippen molar-refractivity contribution in [1.29, 1.82) is 0 Å². The average Bonchev–Trinajstić information content (AvgIpc) is 2.58. The fourth-order valence-electron chi connectivity index (χ4n) is 2.86. The number of carboxylic acid groups (broad SMARTS) is 1. The summed E-state index contributed by atoms with van der Waals surface area (Å²) in [5.41, 5.74) is 2.46. The number of carbonyl (C=O) groups is 1. The summed E-state index contributed by atoms with van der Waals surface area (Å²) in [6.45, 7) is 2.19. The molecule has 0 radical (unpaired) electrons. The largest absolute Gasteiger partial charge is 0.497 e. The van der Waals surface area contributed by atoms with Crippen molar-refractivity contribution in [3.05, 3.63) is 64.2 Å². The quantitative estimate of drug-likeness (QED) is 0.636. The fourth-order valence-corrected chi connectivity index (χ4v) is 3.18. The molecule has 0 fully saturated rings. The molecule has 0 aliphatic heterocycles. The second-order valence-electron chi connectivity index (χ2n) is 6.04. The maximum atomic E-state index is 11.2. The van der Waals surface area contributed by atoms with Crippen LogP contribution < -0.4 is 4.74 Å². The van der Waals surface area contributed by atoms with Gasteiger partial charge in [0.1, 0.15) is 5.75 Å². The normalized spacial score (nSPS) is 12.0. The van der Waals surface area contributed by atoms with E-state index in [2.05, 4.69) is 13.0 Å². The fraction of sp³-hybridized carbons (Fsp3) is 0.350. The molecule has 4 heteroatoms. The van der Waals surface area contributed by atoms with Gasteiger partial charge in [-0.2, -0.15) is 0 Å². The van der Waals surface area contributed by atoms with E-state index in [0.717, 1.165) is 36.3 Å². The Hall–Kier alpha value is -2.00. The number of rotatable bonds is 8. The van der Waals surface area contributed by atoms with Gasteiger partial charge < -0.3 is 9.84 Å². The Bertz CT molecular complexity index is 697. The van der Waals surface area contributed by atoms with E-state index < -0.39 is 5.97 Å². The highest BCUT2D eigenvalue weighted by atomic mass is 35.5. The number of methoxy groups -OCH3 is 1. The van der Waals surface area contributed by atoms with Gasteiger partial charge in [0.15, 0.2) is 0 Å². The molecule has 128 valence electrons. The molecule has 0 aliphatic carbocycles. The number of unbranched alkanes of at least 4 members (excludes halogenated alkanes) is 1. The van der Waals surface area contributed by atoms with E-state index in [0.29, 0.717) is 11.7 Å². The van der Waals surface area contributed by atoms with Gasteiger partial charge in [-0.25, -0.2) is 4.79 Å². The first-order valence-corrected chi connectivity index (χ1v) is 8.54. The summed E-state index contributed by atoms with van der Waals surface area (Å²) >= 11 is 6.24. The topological polar surface area (TPSA) is 46.5 Å². The lowest BCUT2D eigenvalue weighted by Crippen LogP contribution is -2.00. The number of halogens is 1. The number of hydrogen-bond donors (Lipinski definition) is 1. The number of benzene rings is 2. The highest BCUT2D eigenvalue weighted by Gasteiger charge is 2.10. The van der Waals surface area contributed by atoms with Crippen molar-refractivity contribution in [3.63, 3.8) is 0 Å². The van der Waals surface area contributed by atoms with Gasteiger partial charge in [-0.05, 0) is 60.6 Å². The number of carboxylic acids is 1. The summed E-state index contributed by atoms with van der Waals surface area (Å²) in [5, 5.41) is 9.98. The maximum absolute atomic E-state index is 11.2. The highest BCUT2D eigenvalue weighted by Crippen LogP contribution is 2.28. The first-order valence-electron chi connectivity index (χ1n) is 8.17. The minimum absolute atomic E-state index is 0.272. The van der Waals surface area contributed by atoms with Gasteiger partial charge in [0, 0.05) is 5.02 Å². The molecule has 0 bridgehead atoms. The zero-order chi connectivity index (χ0) is 17.5. The molecular weight excluding hydrogens is 324 g/mol. The van der Waals surface area contributed by atoms with Gasteiger partial charge in [-0.3, -0.25) is 0 Å². The third kappa shape index (κ3) is 5.00. The van der Waals surface area contributed by atoms with Crippen LogP contribution in [0.15, 0.2) is 42.5 Å². The van der Waals surface area contributed by atoms with Gasteiger partial charge in [0.2, 0.25) is 0 Å². The molecule has 1 unspecified atom stereocenters. The lowest BCUT2D eigenvalue weighted by atomic mass is 9.94. The number of aromatic carboxylic acids is 1. The second kappa shape index (κ2) is 8.74. The van der Waals surface area contributed by atoms with Crippen LogP contribution in [0.25, 0.3) is 0 Å². The zero-order valence-corrected chi connectivity index (χ0v) is 14.8. The third-order valence-corrected chi connectivity index (χ3v) is 4.58. The van der Waals surface area contributed by atoms with Crippen molar-refractivity contribution in [2.75, 3.05) is 7.11 Å². The summed E-state index contributed by atoms with van der Waals surface area (Å²) in [6.07, 6.45) is 3.96. The van der Waals surface area contributed by atoms with Gasteiger partial charge >= 0.3 is 5.97 Å². The smallest absolute Gasteiger partial charge is 0.335 e. The highest BCUT2D eigenvalue weighted by molar-refractivity contribution is 6.31. The Labute approximate surface area is 148 Å². The van der Waals surface area contributed by atoms with Crippen molar-refractivity contribution >= 4 is 17.6 Å². The van der Waals surface area contributed by atoms with Crippen molar-refractivity contribution in [3.8, 4) is 5.75 Å². The van der Waals surface area contributed by atoms with Crippen molar-refractivity contribution < 1.29 is 14.6 Å². The molecular formula is C20H23ClO3. The van der Waals surface area contributed by atoms with Crippen LogP contribution >= 0.6 is 11.6 Å². The van der Waals surface area contributed by atoms with Gasteiger partial charge in [-0.15, -0.1) is 0 Å². The van der Waals surface area contributed by atoms with Crippen molar-refractivity contribution in [1.82, 2.24) is 0 Å². The molecule has 2 aromatic carbocycles. The first-order chi connectivity index (χ1) is 11.5. The van der Waals surface area contributed by atoms with Crippen LogP contribution in [-0.2, 0) is 6.42 Å². The number of ether oxygens (including phenoxy) is 1. The molecule has 1 N–H and O–H groups in total. The van der Waals surface area contributed by atoms with Crippen LogP contribution in [-0.4, -0.2) is 18.2 Å². The number of aryl methyl sites for hydroxylation is 1. The lowest BCUT2D eigenvalue weighted by Gasteiger charge is -2.13. The Balaban J connectivity index is 1.89. The molecule has 0 saturated heterocycles. The molecule has 2 rings (SSSR count). The molecule has 3 nitrogen and oxygen atoms in total. The van der Waals surface area contributed by atoms with E-state index in [1.807, 2.05) is 24.3 Å². The van der Waals surface area contributed by atoms with Crippen molar-refractivity contribution in [2.45, 2.75) is 38.5 Å². The molecule has 0 heterocycles. The summed E-state index contributed by atoms with van der Waals surface area (Å²) in [4.78, 5) is 11.2. The van der Waals surface area contributed by atoms with E-state index >= 15 is 0 Å². The first kappa shape index (κ1) is 18.3. The van der Waals surface area contributed by atoms with Crippen LogP contribution in [0.3, 0.4) is 0 Å². The monoisotopic (exact) mass is 346 g/mol. The Morgan fingerprint density at radius 3 is 2.62 bits per heavy atom. The third-order valence-electron chi connectivity index (χ3n) is 4.24. The molecule has 0 saturated carbocycles.